The van der Waals surface area contributed by atoms with E-state index in [0.29, 0.717) is 35.4 Å². The number of carbonyl (C=O) groups excluding carboxylic acids is 1. The van der Waals surface area contributed by atoms with Gasteiger partial charge in [0.1, 0.15) is 5.75 Å². The van der Waals surface area contributed by atoms with E-state index in [1.54, 1.807) is 43.6 Å². The van der Waals surface area contributed by atoms with Crippen LogP contribution in [0.15, 0.2) is 36.5 Å². The lowest BCUT2D eigenvalue weighted by molar-refractivity contribution is 0.0781. The van der Waals surface area contributed by atoms with Gasteiger partial charge >= 0.3 is 0 Å². The van der Waals surface area contributed by atoms with Crippen LogP contribution in [0.4, 0.5) is 0 Å². The van der Waals surface area contributed by atoms with Gasteiger partial charge in [0, 0.05) is 25.8 Å². The van der Waals surface area contributed by atoms with Crippen LogP contribution in [-0.4, -0.2) is 58.5 Å². The molecule has 2 aromatic heterocycles. The number of methoxy groups -OCH3 is 1. The first-order valence-electron chi connectivity index (χ1n) is 8.33. The molecule has 1 saturated heterocycles. The number of aromatic amines is 1. The standard InChI is InChI=1S/C18H19N5O3/c1-26-16-9-19-8-15(16)22-18(25)12-6-14(10-2-4-11(24)5-3-10)21-17-13(12)7-20-23-17/h2-7,15-16,19,24H,8-9H2,1H3,(H,22,25)(H,20,21,23). The quantitative estimate of drug-likeness (QED) is 0.558. The minimum atomic E-state index is -0.199. The maximum Gasteiger partial charge on any atom is 0.252 e. The summed E-state index contributed by atoms with van der Waals surface area (Å²) in [4.78, 5) is 17.4. The molecule has 8 nitrogen and oxygen atoms in total. The van der Waals surface area contributed by atoms with Crippen molar-refractivity contribution in [2.75, 3.05) is 20.2 Å². The topological polar surface area (TPSA) is 112 Å². The molecule has 1 aliphatic heterocycles. The zero-order valence-corrected chi connectivity index (χ0v) is 14.2. The number of pyridine rings is 1. The first kappa shape index (κ1) is 16.5. The van der Waals surface area contributed by atoms with Gasteiger partial charge in [0.25, 0.3) is 5.91 Å². The number of nitrogens with zero attached hydrogens (tertiary/aromatic N) is 2. The highest BCUT2D eigenvalue weighted by molar-refractivity contribution is 6.06. The summed E-state index contributed by atoms with van der Waals surface area (Å²) in [6, 6.07) is 8.32. The number of phenols is 1. The van der Waals surface area contributed by atoms with Crippen LogP contribution in [0.3, 0.4) is 0 Å². The van der Waals surface area contributed by atoms with E-state index < -0.39 is 0 Å². The highest BCUT2D eigenvalue weighted by atomic mass is 16.5. The van der Waals surface area contributed by atoms with Crippen LogP contribution >= 0.6 is 0 Å². The molecule has 1 aliphatic rings. The highest BCUT2D eigenvalue weighted by Crippen LogP contribution is 2.25. The van der Waals surface area contributed by atoms with Gasteiger partial charge in [0.05, 0.1) is 35.0 Å². The molecule has 26 heavy (non-hydrogen) atoms. The second-order valence-corrected chi connectivity index (χ2v) is 6.25. The molecule has 8 heteroatoms. The number of carbonyl (C=O) groups is 1. The van der Waals surface area contributed by atoms with Crippen molar-refractivity contribution in [2.45, 2.75) is 12.1 Å². The molecule has 1 amide bonds. The van der Waals surface area contributed by atoms with Crippen molar-refractivity contribution in [2.24, 2.45) is 0 Å². The number of hydrogen-bond acceptors (Lipinski definition) is 6. The first-order chi connectivity index (χ1) is 12.7. The Morgan fingerprint density at radius 3 is 2.88 bits per heavy atom. The smallest absolute Gasteiger partial charge is 0.252 e. The van der Waals surface area contributed by atoms with E-state index in [-0.39, 0.29) is 23.8 Å². The fraction of sp³-hybridized carbons (Fsp3) is 0.278. The largest absolute Gasteiger partial charge is 0.508 e. The summed E-state index contributed by atoms with van der Waals surface area (Å²) in [7, 11) is 1.64. The second kappa shape index (κ2) is 6.74. The molecule has 3 heterocycles. The van der Waals surface area contributed by atoms with Gasteiger partial charge in [0.15, 0.2) is 5.65 Å². The lowest BCUT2D eigenvalue weighted by atomic mass is 10.1. The summed E-state index contributed by atoms with van der Waals surface area (Å²) in [5, 5.41) is 23.2. The summed E-state index contributed by atoms with van der Waals surface area (Å²) >= 11 is 0. The van der Waals surface area contributed by atoms with E-state index in [0.717, 1.165) is 5.56 Å². The third-order valence-corrected chi connectivity index (χ3v) is 4.61. The molecule has 0 saturated carbocycles. The van der Waals surface area contributed by atoms with Gasteiger partial charge in [-0.1, -0.05) is 0 Å². The number of aromatic nitrogens is 3. The average Bonchev–Trinajstić information content (AvgIpc) is 3.30. The number of hydrogen-bond donors (Lipinski definition) is 4. The molecule has 1 aromatic carbocycles. The molecule has 2 unspecified atom stereocenters. The molecule has 0 spiro atoms. The Labute approximate surface area is 149 Å². The summed E-state index contributed by atoms with van der Waals surface area (Å²) in [5.74, 6) is -0.0248. The van der Waals surface area contributed by atoms with E-state index >= 15 is 0 Å². The summed E-state index contributed by atoms with van der Waals surface area (Å²) < 4.78 is 5.41. The Kier molecular flexibility index (Phi) is 4.27. The molecule has 2 atom stereocenters. The minimum absolute atomic E-state index is 0.0582. The van der Waals surface area contributed by atoms with Crippen molar-refractivity contribution in [3.05, 3.63) is 42.1 Å². The zero-order valence-electron chi connectivity index (χ0n) is 14.2. The molecule has 0 radical (unpaired) electrons. The van der Waals surface area contributed by atoms with Crippen LogP contribution in [-0.2, 0) is 4.74 Å². The lowest BCUT2D eigenvalue weighted by Gasteiger charge is -2.19. The number of phenolic OH excluding ortho intramolecular Hbond substituents is 1. The third-order valence-electron chi connectivity index (χ3n) is 4.61. The summed E-state index contributed by atoms with van der Waals surface area (Å²) in [6.45, 7) is 1.37. The van der Waals surface area contributed by atoms with E-state index in [1.807, 2.05) is 0 Å². The van der Waals surface area contributed by atoms with Gasteiger partial charge in [-0.25, -0.2) is 4.98 Å². The molecule has 4 rings (SSSR count). The maximum atomic E-state index is 12.9. The monoisotopic (exact) mass is 353 g/mol. The fourth-order valence-corrected chi connectivity index (χ4v) is 3.19. The predicted molar refractivity (Wildman–Crippen MR) is 95.9 cm³/mol. The third kappa shape index (κ3) is 3.00. The van der Waals surface area contributed by atoms with Crippen LogP contribution in [0.2, 0.25) is 0 Å². The molecule has 0 bridgehead atoms. The predicted octanol–water partition coefficient (Wildman–Crippen LogP) is 1.05. The Balaban J connectivity index is 1.70. The minimum Gasteiger partial charge on any atom is -0.508 e. The number of nitrogens with one attached hydrogen (secondary N) is 3. The molecule has 134 valence electrons. The molecule has 3 aromatic rings. The number of fused-ring (bicyclic) bond motifs is 1. The first-order valence-corrected chi connectivity index (χ1v) is 8.33. The van der Waals surface area contributed by atoms with Crippen molar-refractivity contribution in [3.63, 3.8) is 0 Å². The number of amides is 1. The summed E-state index contributed by atoms with van der Waals surface area (Å²) in [5.41, 5.74) is 2.45. The molecule has 4 N–H and O–H groups in total. The molecular formula is C18H19N5O3. The van der Waals surface area contributed by atoms with Crippen LogP contribution in [0.5, 0.6) is 5.75 Å². The van der Waals surface area contributed by atoms with Crippen molar-refractivity contribution in [3.8, 4) is 17.0 Å². The van der Waals surface area contributed by atoms with Gasteiger partial charge in [0.2, 0.25) is 0 Å². The zero-order chi connectivity index (χ0) is 18.1. The van der Waals surface area contributed by atoms with Crippen molar-refractivity contribution >= 4 is 16.9 Å². The number of H-pyrrole nitrogens is 1. The maximum absolute atomic E-state index is 12.9. The Morgan fingerprint density at radius 1 is 1.31 bits per heavy atom. The summed E-state index contributed by atoms with van der Waals surface area (Å²) in [6.07, 6.45) is 1.54. The number of ether oxygens (including phenoxy) is 1. The van der Waals surface area contributed by atoms with Crippen LogP contribution in [0.25, 0.3) is 22.3 Å². The highest BCUT2D eigenvalue weighted by Gasteiger charge is 2.29. The second-order valence-electron chi connectivity index (χ2n) is 6.25. The molecular weight excluding hydrogens is 334 g/mol. The van der Waals surface area contributed by atoms with Gasteiger partial charge in [-0.3, -0.25) is 9.89 Å². The van der Waals surface area contributed by atoms with Gasteiger partial charge < -0.3 is 20.5 Å². The van der Waals surface area contributed by atoms with E-state index in [9.17, 15) is 9.90 Å². The SMILES string of the molecule is COC1CNCC1NC(=O)c1cc(-c2ccc(O)cc2)nc2[nH]ncc12. The van der Waals surface area contributed by atoms with Crippen molar-refractivity contribution < 1.29 is 14.6 Å². The average molecular weight is 353 g/mol. The van der Waals surface area contributed by atoms with Gasteiger partial charge in [-0.15, -0.1) is 0 Å². The van der Waals surface area contributed by atoms with E-state index in [1.165, 1.54) is 0 Å². The Morgan fingerprint density at radius 2 is 2.12 bits per heavy atom. The van der Waals surface area contributed by atoms with Gasteiger partial charge in [-0.05, 0) is 30.3 Å². The Hall–Kier alpha value is -2.97. The lowest BCUT2D eigenvalue weighted by Crippen LogP contribution is -2.43. The van der Waals surface area contributed by atoms with E-state index in [2.05, 4.69) is 25.8 Å². The molecule has 0 aliphatic carbocycles. The van der Waals surface area contributed by atoms with Crippen molar-refractivity contribution in [1.29, 1.82) is 0 Å². The van der Waals surface area contributed by atoms with Crippen molar-refractivity contribution in [1.82, 2.24) is 25.8 Å². The van der Waals surface area contributed by atoms with Crippen LogP contribution in [0, 0.1) is 0 Å². The van der Waals surface area contributed by atoms with Gasteiger partial charge in [-0.2, -0.15) is 5.10 Å². The number of aromatic hydroxyl groups is 1. The Bertz CT molecular complexity index is 938. The normalized spacial score (nSPS) is 19.7. The van der Waals surface area contributed by atoms with Crippen LogP contribution in [0.1, 0.15) is 10.4 Å². The fourth-order valence-electron chi connectivity index (χ4n) is 3.19. The number of rotatable bonds is 4. The molecule has 1 fully saturated rings. The van der Waals surface area contributed by atoms with Crippen LogP contribution < -0.4 is 10.6 Å². The number of benzene rings is 1. The van der Waals surface area contributed by atoms with E-state index in [4.69, 9.17) is 4.74 Å².